The third-order valence-electron chi connectivity index (χ3n) is 5.83. The van der Waals surface area contributed by atoms with Crippen LogP contribution in [0, 0.1) is 13.8 Å². The van der Waals surface area contributed by atoms with Crippen molar-refractivity contribution in [2.24, 2.45) is 0 Å². The Morgan fingerprint density at radius 2 is 1.82 bits per heavy atom. The molecule has 0 saturated carbocycles. The molecule has 0 fully saturated rings. The summed E-state index contributed by atoms with van der Waals surface area (Å²) in [6.45, 7) is 5.99. The summed E-state index contributed by atoms with van der Waals surface area (Å²) in [5.41, 5.74) is 5.59. The molecule has 0 bridgehead atoms. The molecule has 0 saturated heterocycles. The minimum atomic E-state index is -0.348. The van der Waals surface area contributed by atoms with E-state index >= 15 is 0 Å². The van der Waals surface area contributed by atoms with Gasteiger partial charge in [-0.1, -0.05) is 60.3 Å². The third kappa shape index (κ3) is 4.38. The Balaban J connectivity index is 1.49. The van der Waals surface area contributed by atoms with Crippen molar-refractivity contribution in [3.8, 4) is 0 Å². The van der Waals surface area contributed by atoms with Gasteiger partial charge in [0, 0.05) is 22.0 Å². The first-order valence-electron chi connectivity index (χ1n) is 11.0. The first kappa shape index (κ1) is 22.4. The molecular formula is C26H25N5OS2. The lowest BCUT2D eigenvalue weighted by Crippen LogP contribution is -2.31. The highest BCUT2D eigenvalue weighted by Crippen LogP contribution is 2.40. The molecule has 1 unspecified atom stereocenters. The summed E-state index contributed by atoms with van der Waals surface area (Å²) in [5.74, 6) is 1.29. The van der Waals surface area contributed by atoms with Crippen molar-refractivity contribution < 1.29 is 4.79 Å². The van der Waals surface area contributed by atoms with E-state index in [1.807, 2.05) is 61.0 Å². The lowest BCUT2D eigenvalue weighted by atomic mass is 9.98. The molecule has 8 heteroatoms. The van der Waals surface area contributed by atoms with Crippen molar-refractivity contribution in [2.45, 2.75) is 37.7 Å². The standard InChI is InChI=1S/C26H25N5OS2/c1-16-9-7-8-12-20(16)28-24(32)21-18(3)27-25-29-26(34-15-19-10-5-4-6-11-19)30-31(25)22(21)23-17(2)13-14-33-23/h4-14,22H,15H2,1-3H3,(H,28,32)(H,27,29,30). The molecule has 0 spiro atoms. The van der Waals surface area contributed by atoms with Gasteiger partial charge in [0.1, 0.15) is 6.04 Å². The van der Waals surface area contributed by atoms with Gasteiger partial charge in [0.05, 0.1) is 5.57 Å². The molecule has 2 N–H and O–H groups in total. The molecule has 2 aromatic heterocycles. The van der Waals surface area contributed by atoms with E-state index < -0.39 is 0 Å². The fraction of sp³-hybridized carbons (Fsp3) is 0.192. The molecule has 1 atom stereocenters. The predicted molar refractivity (Wildman–Crippen MR) is 139 cm³/mol. The fourth-order valence-electron chi connectivity index (χ4n) is 4.02. The van der Waals surface area contributed by atoms with E-state index in [2.05, 4.69) is 41.1 Å². The van der Waals surface area contributed by atoms with Gasteiger partial charge in [-0.15, -0.1) is 16.4 Å². The Morgan fingerprint density at radius 3 is 2.56 bits per heavy atom. The molecule has 2 aromatic carbocycles. The maximum absolute atomic E-state index is 13.6. The lowest BCUT2D eigenvalue weighted by molar-refractivity contribution is -0.113. The number of aryl methyl sites for hydroxylation is 2. The molecule has 34 heavy (non-hydrogen) atoms. The highest BCUT2D eigenvalue weighted by Gasteiger charge is 2.36. The number of nitrogens with zero attached hydrogens (tertiary/aromatic N) is 3. The molecule has 6 nitrogen and oxygen atoms in total. The molecule has 1 aliphatic heterocycles. The van der Waals surface area contributed by atoms with Gasteiger partial charge in [0.15, 0.2) is 0 Å². The molecule has 0 aliphatic carbocycles. The van der Waals surface area contributed by atoms with Crippen molar-refractivity contribution in [1.29, 1.82) is 0 Å². The van der Waals surface area contributed by atoms with Crippen LogP contribution < -0.4 is 10.6 Å². The van der Waals surface area contributed by atoms with E-state index in [-0.39, 0.29) is 11.9 Å². The second kappa shape index (κ2) is 9.48. The zero-order chi connectivity index (χ0) is 23.7. The third-order valence-corrected chi connectivity index (χ3v) is 7.81. The number of fused-ring (bicyclic) bond motifs is 1. The van der Waals surface area contributed by atoms with Gasteiger partial charge >= 0.3 is 0 Å². The largest absolute Gasteiger partial charge is 0.328 e. The van der Waals surface area contributed by atoms with Crippen molar-refractivity contribution in [3.63, 3.8) is 0 Å². The lowest BCUT2D eigenvalue weighted by Gasteiger charge is -2.28. The summed E-state index contributed by atoms with van der Waals surface area (Å²) >= 11 is 3.22. The van der Waals surface area contributed by atoms with E-state index in [0.29, 0.717) is 16.7 Å². The number of nitrogens with one attached hydrogen (secondary N) is 2. The summed E-state index contributed by atoms with van der Waals surface area (Å²) in [6, 6.07) is 19.8. The molecular weight excluding hydrogens is 462 g/mol. The van der Waals surface area contributed by atoms with Gasteiger partial charge in [-0.05, 0) is 55.0 Å². The van der Waals surface area contributed by atoms with Crippen LogP contribution in [-0.2, 0) is 10.5 Å². The van der Waals surface area contributed by atoms with Crippen molar-refractivity contribution in [2.75, 3.05) is 10.6 Å². The number of anilines is 2. The van der Waals surface area contributed by atoms with E-state index in [0.717, 1.165) is 33.1 Å². The minimum Gasteiger partial charge on any atom is -0.328 e. The van der Waals surface area contributed by atoms with E-state index in [9.17, 15) is 4.79 Å². The monoisotopic (exact) mass is 487 g/mol. The summed E-state index contributed by atoms with van der Waals surface area (Å²) in [4.78, 5) is 19.4. The first-order chi connectivity index (χ1) is 16.5. The van der Waals surface area contributed by atoms with Crippen molar-refractivity contribution >= 4 is 40.6 Å². The average molecular weight is 488 g/mol. The van der Waals surface area contributed by atoms with Crippen LogP contribution in [0.2, 0.25) is 0 Å². The number of amides is 1. The molecule has 4 aromatic rings. The summed E-state index contributed by atoms with van der Waals surface area (Å²) in [7, 11) is 0. The number of thiophene rings is 1. The minimum absolute atomic E-state index is 0.142. The number of aromatic nitrogens is 3. The van der Waals surface area contributed by atoms with E-state index in [4.69, 9.17) is 10.1 Å². The van der Waals surface area contributed by atoms with Crippen LogP contribution in [-0.4, -0.2) is 20.7 Å². The number of benzene rings is 2. The Morgan fingerprint density at radius 1 is 1.06 bits per heavy atom. The number of allylic oxidation sites excluding steroid dienone is 1. The summed E-state index contributed by atoms with van der Waals surface area (Å²) in [5, 5.41) is 14.0. The van der Waals surface area contributed by atoms with Crippen LogP contribution in [0.1, 0.15) is 34.5 Å². The molecule has 5 rings (SSSR count). The Labute approximate surface area is 207 Å². The second-order valence-electron chi connectivity index (χ2n) is 8.24. The highest BCUT2D eigenvalue weighted by molar-refractivity contribution is 7.98. The van der Waals surface area contributed by atoms with Crippen molar-refractivity contribution in [1.82, 2.24) is 14.8 Å². The Kier molecular flexibility index (Phi) is 6.26. The molecule has 172 valence electrons. The number of carbonyl (C=O) groups is 1. The maximum atomic E-state index is 13.6. The molecule has 3 heterocycles. The number of para-hydroxylation sites is 1. The van der Waals surface area contributed by atoms with Gasteiger partial charge in [-0.25, -0.2) is 4.68 Å². The van der Waals surface area contributed by atoms with E-state index in [1.54, 1.807) is 23.1 Å². The highest BCUT2D eigenvalue weighted by atomic mass is 32.2. The predicted octanol–water partition coefficient (Wildman–Crippen LogP) is 6.18. The normalized spacial score (nSPS) is 15.1. The Hall–Kier alpha value is -3.36. The van der Waals surface area contributed by atoms with Crippen molar-refractivity contribution in [3.05, 3.63) is 98.9 Å². The summed E-state index contributed by atoms with van der Waals surface area (Å²) in [6.07, 6.45) is 0. The zero-order valence-corrected chi connectivity index (χ0v) is 20.8. The molecule has 1 amide bonds. The SMILES string of the molecule is CC1=C(C(=O)Nc2ccccc2C)C(c2sccc2C)n2nc(SCc3ccccc3)nc2N1. The van der Waals surface area contributed by atoms with Gasteiger partial charge in [-0.3, -0.25) is 4.79 Å². The van der Waals surface area contributed by atoms with Crippen LogP contribution in [0.4, 0.5) is 11.6 Å². The quantitative estimate of drug-likeness (QED) is 0.318. The van der Waals surface area contributed by atoms with Gasteiger partial charge in [0.25, 0.3) is 5.91 Å². The van der Waals surface area contributed by atoms with Gasteiger partial charge < -0.3 is 10.6 Å². The number of carbonyl (C=O) groups excluding carboxylic acids is 1. The maximum Gasteiger partial charge on any atom is 0.255 e. The summed E-state index contributed by atoms with van der Waals surface area (Å²) < 4.78 is 1.85. The van der Waals surface area contributed by atoms with Gasteiger partial charge in [-0.2, -0.15) is 4.98 Å². The number of thioether (sulfide) groups is 1. The smallest absolute Gasteiger partial charge is 0.255 e. The van der Waals surface area contributed by atoms with Gasteiger partial charge in [0.2, 0.25) is 11.1 Å². The van der Waals surface area contributed by atoms with E-state index in [1.165, 1.54) is 5.56 Å². The number of hydrogen-bond acceptors (Lipinski definition) is 6. The zero-order valence-electron chi connectivity index (χ0n) is 19.2. The average Bonchev–Trinajstić information content (AvgIpc) is 3.44. The first-order valence-corrected chi connectivity index (χ1v) is 12.9. The van der Waals surface area contributed by atoms with Crippen LogP contribution in [0.15, 0.2) is 82.5 Å². The Bertz CT molecular complexity index is 1370. The second-order valence-corrected chi connectivity index (χ2v) is 10.1. The fourth-order valence-corrected chi connectivity index (χ4v) is 5.82. The number of rotatable bonds is 6. The van der Waals surface area contributed by atoms with Crippen LogP contribution in [0.3, 0.4) is 0 Å². The van der Waals surface area contributed by atoms with Crippen LogP contribution in [0.5, 0.6) is 0 Å². The molecule has 1 aliphatic rings. The molecule has 0 radical (unpaired) electrons. The van der Waals surface area contributed by atoms with Crippen LogP contribution in [0.25, 0.3) is 0 Å². The topological polar surface area (TPSA) is 71.8 Å². The van der Waals surface area contributed by atoms with Crippen LogP contribution >= 0.6 is 23.1 Å². The number of hydrogen-bond donors (Lipinski definition) is 2.